The number of halogens is 1. The second-order valence-electron chi connectivity index (χ2n) is 6.44. The number of fused-ring (bicyclic) bond motifs is 1. The van der Waals surface area contributed by atoms with Crippen LogP contribution in [0.1, 0.15) is 29.4 Å². The van der Waals surface area contributed by atoms with Gasteiger partial charge in [-0.1, -0.05) is 17.7 Å². The molecule has 0 unspecified atom stereocenters. The predicted octanol–water partition coefficient (Wildman–Crippen LogP) is 3.38. The zero-order chi connectivity index (χ0) is 21.3. The number of anilines is 1. The van der Waals surface area contributed by atoms with Crippen molar-refractivity contribution >= 4 is 38.3 Å². The second kappa shape index (κ2) is 7.48. The Balaban J connectivity index is 2.36. The fourth-order valence-corrected chi connectivity index (χ4v) is 4.44. The van der Waals surface area contributed by atoms with Crippen molar-refractivity contribution in [1.29, 1.82) is 5.26 Å². The average Bonchev–Trinajstić information content (AvgIpc) is 3.01. The lowest BCUT2D eigenvalue weighted by atomic mass is 10.2. The fraction of sp³-hybridized carbons (Fsp3) is 0.150. The predicted molar refractivity (Wildman–Crippen MR) is 105 cm³/mol. The maximum Gasteiger partial charge on any atom is 0.268 e. The van der Waals surface area contributed by atoms with Gasteiger partial charge < -0.3 is 5.32 Å². The number of Topliss-reactive ketones (excluding diaryl/α,β-unsaturated/α-hetero) is 1. The van der Waals surface area contributed by atoms with E-state index in [2.05, 4.69) is 5.32 Å². The van der Waals surface area contributed by atoms with Gasteiger partial charge in [-0.3, -0.25) is 9.59 Å². The topological polar surface area (TPSA) is 109 Å². The number of aromatic nitrogens is 1. The van der Waals surface area contributed by atoms with E-state index in [1.54, 1.807) is 25.1 Å². The summed E-state index contributed by atoms with van der Waals surface area (Å²) < 4.78 is 41.7. The number of amides is 1. The number of nitriles is 1. The lowest BCUT2D eigenvalue weighted by molar-refractivity contribution is -0.114. The molecule has 0 saturated carbocycles. The van der Waals surface area contributed by atoms with E-state index in [-0.39, 0.29) is 27.2 Å². The Hall–Kier alpha value is -3.51. The van der Waals surface area contributed by atoms with Crippen LogP contribution in [0, 0.1) is 24.1 Å². The molecule has 0 aliphatic rings. The third-order valence-electron chi connectivity index (χ3n) is 4.24. The smallest absolute Gasteiger partial charge is 0.268 e. The van der Waals surface area contributed by atoms with Crippen molar-refractivity contribution in [3.8, 4) is 6.07 Å². The van der Waals surface area contributed by atoms with Crippen LogP contribution in [0.2, 0.25) is 0 Å². The third kappa shape index (κ3) is 3.75. The van der Waals surface area contributed by atoms with E-state index in [9.17, 15) is 22.4 Å². The van der Waals surface area contributed by atoms with E-state index in [1.807, 2.05) is 0 Å². The highest BCUT2D eigenvalue weighted by Gasteiger charge is 2.27. The van der Waals surface area contributed by atoms with Gasteiger partial charge in [-0.25, -0.2) is 16.8 Å². The van der Waals surface area contributed by atoms with Gasteiger partial charge in [-0.2, -0.15) is 5.26 Å². The Kier molecular flexibility index (Phi) is 5.22. The van der Waals surface area contributed by atoms with Gasteiger partial charge in [-0.05, 0) is 37.3 Å². The molecule has 9 heteroatoms. The number of hydrogen-bond donors (Lipinski definition) is 1. The molecular weight excluding hydrogens is 397 g/mol. The van der Waals surface area contributed by atoms with Crippen molar-refractivity contribution in [2.45, 2.75) is 25.2 Å². The van der Waals surface area contributed by atoms with Crippen molar-refractivity contribution in [3.05, 3.63) is 59.5 Å². The van der Waals surface area contributed by atoms with Crippen molar-refractivity contribution < 1.29 is 22.4 Å². The molecule has 148 valence electrons. The molecule has 0 atom stereocenters. The zero-order valence-electron chi connectivity index (χ0n) is 15.6. The summed E-state index contributed by atoms with van der Waals surface area (Å²) in [6, 6.07) is 11.1. The normalized spacial score (nSPS) is 11.2. The highest BCUT2D eigenvalue weighted by Crippen LogP contribution is 2.30. The first kappa shape index (κ1) is 20.2. The van der Waals surface area contributed by atoms with Crippen LogP contribution in [0.15, 0.2) is 47.4 Å². The molecule has 0 aliphatic heterocycles. The van der Waals surface area contributed by atoms with Crippen LogP contribution in [0.4, 0.5) is 10.1 Å². The van der Waals surface area contributed by atoms with Gasteiger partial charge in [0.15, 0.2) is 5.78 Å². The molecular formula is C20H16FN3O4S. The van der Waals surface area contributed by atoms with Gasteiger partial charge in [0.2, 0.25) is 5.91 Å². The lowest BCUT2D eigenvalue weighted by Gasteiger charge is -2.12. The number of hydrogen-bond acceptors (Lipinski definition) is 5. The summed E-state index contributed by atoms with van der Waals surface area (Å²) >= 11 is 0. The third-order valence-corrected chi connectivity index (χ3v) is 5.98. The summed E-state index contributed by atoms with van der Waals surface area (Å²) in [7, 11) is -4.24. The first-order valence-electron chi connectivity index (χ1n) is 8.50. The summed E-state index contributed by atoms with van der Waals surface area (Å²) in [5.41, 5.74) is 0.373. The minimum Gasteiger partial charge on any atom is -0.324 e. The van der Waals surface area contributed by atoms with Gasteiger partial charge in [0.05, 0.1) is 22.2 Å². The van der Waals surface area contributed by atoms with Gasteiger partial charge in [0.25, 0.3) is 10.0 Å². The Morgan fingerprint density at radius 1 is 1.17 bits per heavy atom. The molecule has 0 saturated heterocycles. The van der Waals surface area contributed by atoms with Crippen molar-refractivity contribution in [1.82, 2.24) is 3.97 Å². The number of aryl methyl sites for hydroxylation is 1. The molecule has 0 bridgehead atoms. The molecule has 1 heterocycles. The Labute approximate surface area is 166 Å². The molecule has 0 radical (unpaired) electrons. The number of nitrogens with one attached hydrogen (secondary N) is 1. The molecule has 1 amide bonds. The summed E-state index contributed by atoms with van der Waals surface area (Å²) in [4.78, 5) is 23.7. The summed E-state index contributed by atoms with van der Waals surface area (Å²) in [5.74, 6) is -2.04. The van der Waals surface area contributed by atoms with Gasteiger partial charge in [0.1, 0.15) is 17.9 Å². The van der Waals surface area contributed by atoms with Crippen LogP contribution in [0.3, 0.4) is 0 Å². The number of carbonyl (C=O) groups excluding carboxylic acids is 2. The van der Waals surface area contributed by atoms with Gasteiger partial charge in [0, 0.05) is 12.3 Å². The first-order valence-corrected chi connectivity index (χ1v) is 9.94. The number of carbonyl (C=O) groups is 2. The monoisotopic (exact) mass is 413 g/mol. The van der Waals surface area contributed by atoms with Crippen molar-refractivity contribution in [3.63, 3.8) is 0 Å². The highest BCUT2D eigenvalue weighted by molar-refractivity contribution is 7.90. The molecule has 2 aromatic carbocycles. The van der Waals surface area contributed by atoms with Crippen LogP contribution < -0.4 is 5.32 Å². The summed E-state index contributed by atoms with van der Waals surface area (Å²) in [5, 5.41) is 11.3. The fourth-order valence-electron chi connectivity index (χ4n) is 2.92. The molecule has 0 fully saturated rings. The molecule has 3 aromatic rings. The maximum atomic E-state index is 14.3. The maximum absolute atomic E-state index is 14.3. The van der Waals surface area contributed by atoms with E-state index >= 15 is 0 Å². The molecule has 1 N–H and O–H groups in total. The Morgan fingerprint density at radius 3 is 2.41 bits per heavy atom. The van der Waals surface area contributed by atoms with Crippen LogP contribution in [0.25, 0.3) is 10.9 Å². The van der Waals surface area contributed by atoms with Crippen LogP contribution in [-0.4, -0.2) is 24.1 Å². The van der Waals surface area contributed by atoms with Gasteiger partial charge >= 0.3 is 0 Å². The minimum atomic E-state index is -4.24. The summed E-state index contributed by atoms with van der Waals surface area (Å²) in [6.45, 7) is 2.99. The van der Waals surface area contributed by atoms with Crippen LogP contribution >= 0.6 is 0 Å². The zero-order valence-corrected chi connectivity index (χ0v) is 16.4. The van der Waals surface area contributed by atoms with E-state index in [1.165, 1.54) is 25.1 Å². The van der Waals surface area contributed by atoms with E-state index in [4.69, 9.17) is 5.26 Å². The average molecular weight is 413 g/mol. The summed E-state index contributed by atoms with van der Waals surface area (Å²) in [6.07, 6.45) is -0.541. The highest BCUT2D eigenvalue weighted by atomic mass is 32.2. The SMILES string of the molecule is CC(=O)Nc1cc2c(cc1F)cc(C(=O)CC#N)n2S(=O)(=O)c1ccc(C)cc1. The molecule has 29 heavy (non-hydrogen) atoms. The molecule has 7 nitrogen and oxygen atoms in total. The van der Waals surface area contributed by atoms with E-state index in [0.717, 1.165) is 21.7 Å². The standard InChI is InChI=1S/C20H16FN3O4S/c1-12-3-5-15(6-4-12)29(27,28)24-18-11-17(23-13(2)25)16(21)9-14(18)10-19(24)20(26)7-8-22/h3-6,9-11H,7H2,1-2H3,(H,23,25). The van der Waals surface area contributed by atoms with Crippen LogP contribution in [0.5, 0.6) is 0 Å². The van der Waals surface area contributed by atoms with Gasteiger partial charge in [-0.15, -0.1) is 0 Å². The lowest BCUT2D eigenvalue weighted by Crippen LogP contribution is -2.18. The quantitative estimate of drug-likeness (QED) is 0.645. The number of rotatable bonds is 5. The Bertz CT molecular complexity index is 1290. The van der Waals surface area contributed by atoms with E-state index < -0.39 is 34.0 Å². The first-order chi connectivity index (χ1) is 13.6. The Morgan fingerprint density at radius 2 is 1.83 bits per heavy atom. The molecule has 0 spiro atoms. The molecule has 3 rings (SSSR count). The van der Waals surface area contributed by atoms with Crippen LogP contribution in [-0.2, 0) is 14.8 Å². The second-order valence-corrected chi connectivity index (χ2v) is 8.23. The number of nitrogens with zero attached hydrogens (tertiary/aromatic N) is 2. The van der Waals surface area contributed by atoms with Crippen molar-refractivity contribution in [2.24, 2.45) is 0 Å². The van der Waals surface area contributed by atoms with E-state index in [0.29, 0.717) is 0 Å². The largest absolute Gasteiger partial charge is 0.324 e. The minimum absolute atomic E-state index is 0.0111. The number of benzene rings is 2. The van der Waals surface area contributed by atoms with Crippen molar-refractivity contribution in [2.75, 3.05) is 5.32 Å². The number of ketones is 1. The molecule has 1 aromatic heterocycles. The molecule has 0 aliphatic carbocycles.